The Morgan fingerprint density at radius 2 is 2.14 bits per heavy atom. The fourth-order valence-electron chi connectivity index (χ4n) is 2.55. The molecule has 1 aromatic heterocycles. The van der Waals surface area contributed by atoms with Crippen LogP contribution in [0.1, 0.15) is 32.8 Å². The second kappa shape index (κ2) is 5.35. The summed E-state index contributed by atoms with van der Waals surface area (Å²) in [6.45, 7) is 5.66. The monoisotopic (exact) mass is 328 g/mol. The Hall–Kier alpha value is -1.95. The van der Waals surface area contributed by atoms with Crippen LogP contribution in [-0.4, -0.2) is 36.4 Å². The van der Waals surface area contributed by atoms with Crippen LogP contribution in [0, 0.1) is 17.2 Å². The second-order valence-corrected chi connectivity index (χ2v) is 7.77. The third-order valence-electron chi connectivity index (χ3n) is 3.40. The van der Waals surface area contributed by atoms with E-state index in [9.17, 15) is 22.4 Å². The quantitative estimate of drug-likeness (QED) is 0.776. The maximum absolute atomic E-state index is 12.8. The van der Waals surface area contributed by atoms with Gasteiger partial charge in [0.15, 0.2) is 5.82 Å². The van der Waals surface area contributed by atoms with Crippen molar-refractivity contribution in [3.8, 4) is 6.07 Å². The Bertz CT molecular complexity index is 742. The first-order valence-corrected chi connectivity index (χ1v) is 8.29. The molecule has 22 heavy (non-hydrogen) atoms. The lowest BCUT2D eigenvalue weighted by atomic mass is 10.1. The van der Waals surface area contributed by atoms with Gasteiger partial charge in [-0.25, -0.2) is 4.68 Å². The third-order valence-corrected chi connectivity index (χ3v) is 4.26. The van der Waals surface area contributed by atoms with Crippen molar-refractivity contribution in [2.45, 2.75) is 32.7 Å². The summed E-state index contributed by atoms with van der Waals surface area (Å²) in [5.41, 5.74) is -0.235. The molecule has 7 nitrogen and oxygen atoms in total. The predicted molar refractivity (Wildman–Crippen MR) is 77.3 cm³/mol. The van der Waals surface area contributed by atoms with E-state index in [0.29, 0.717) is 5.82 Å². The molecule has 1 fully saturated rings. The zero-order chi connectivity index (χ0) is 16.7. The molecule has 0 spiro atoms. The van der Waals surface area contributed by atoms with E-state index < -0.39 is 27.4 Å². The lowest BCUT2D eigenvalue weighted by molar-refractivity contribution is -0.117. The highest BCUT2D eigenvalue weighted by atomic mass is 32.3. The normalized spacial score (nSPS) is 19.5. The summed E-state index contributed by atoms with van der Waals surface area (Å²) in [5.74, 6) is -1.33. The van der Waals surface area contributed by atoms with E-state index in [0.717, 1.165) is 0 Å². The maximum atomic E-state index is 12.8. The van der Waals surface area contributed by atoms with E-state index in [-0.39, 0.29) is 24.4 Å². The molecular formula is C13H17FN4O3S. The van der Waals surface area contributed by atoms with Crippen molar-refractivity contribution in [1.82, 2.24) is 9.78 Å². The topological polar surface area (TPSA) is 96.1 Å². The summed E-state index contributed by atoms with van der Waals surface area (Å²) in [6, 6.07) is 1.98. The molecule has 120 valence electrons. The number of anilines is 1. The molecule has 1 unspecified atom stereocenters. The van der Waals surface area contributed by atoms with Gasteiger partial charge in [-0.3, -0.25) is 9.69 Å². The largest absolute Gasteiger partial charge is 0.302 e. The second-order valence-electron chi connectivity index (χ2n) is 6.36. The van der Waals surface area contributed by atoms with E-state index in [1.807, 2.05) is 26.8 Å². The predicted octanol–water partition coefficient (Wildman–Crippen LogP) is 1.16. The van der Waals surface area contributed by atoms with E-state index in [2.05, 4.69) is 5.10 Å². The first-order chi connectivity index (χ1) is 10.0. The molecule has 9 heteroatoms. The van der Waals surface area contributed by atoms with Gasteiger partial charge < -0.3 is 0 Å². The van der Waals surface area contributed by atoms with Crippen molar-refractivity contribution < 1.29 is 17.1 Å². The van der Waals surface area contributed by atoms with Gasteiger partial charge in [-0.1, -0.05) is 0 Å². The van der Waals surface area contributed by atoms with Crippen molar-refractivity contribution in [2.75, 3.05) is 17.2 Å². The van der Waals surface area contributed by atoms with Crippen LogP contribution in [0.2, 0.25) is 0 Å². The number of hydrogen-bond donors (Lipinski definition) is 0. The Balaban J connectivity index is 2.39. The molecule has 0 radical (unpaired) electrons. The minimum Gasteiger partial charge on any atom is -0.296 e. The molecule has 0 bridgehead atoms. The molecule has 1 aliphatic heterocycles. The zero-order valence-corrected chi connectivity index (χ0v) is 13.4. The van der Waals surface area contributed by atoms with Gasteiger partial charge in [0.05, 0.1) is 17.5 Å². The van der Waals surface area contributed by atoms with Crippen LogP contribution in [0.4, 0.5) is 9.70 Å². The average Bonchev–Trinajstić information content (AvgIpc) is 2.89. The van der Waals surface area contributed by atoms with E-state index >= 15 is 0 Å². The smallest absolute Gasteiger partial charge is 0.296 e. The van der Waals surface area contributed by atoms with Crippen molar-refractivity contribution in [1.29, 1.82) is 5.26 Å². The molecule has 1 amide bonds. The van der Waals surface area contributed by atoms with Crippen LogP contribution in [-0.2, 0) is 20.6 Å². The number of hydrogen-bond acceptors (Lipinski definition) is 5. The summed E-state index contributed by atoms with van der Waals surface area (Å²) in [7, 11) is -4.64. The molecular weight excluding hydrogens is 311 g/mol. The third kappa shape index (κ3) is 3.27. The number of carbonyl (C=O) groups excluding carboxylic acids is 1. The molecule has 1 saturated heterocycles. The summed E-state index contributed by atoms with van der Waals surface area (Å²) in [4.78, 5) is 13.5. The minimum absolute atomic E-state index is 0.0540. The van der Waals surface area contributed by atoms with Crippen LogP contribution in [0.3, 0.4) is 0 Å². The van der Waals surface area contributed by atoms with Gasteiger partial charge in [-0.05, 0) is 20.8 Å². The first kappa shape index (κ1) is 16.4. The van der Waals surface area contributed by atoms with Crippen LogP contribution in [0.15, 0.2) is 6.20 Å². The highest BCUT2D eigenvalue weighted by molar-refractivity contribution is 7.86. The molecule has 2 heterocycles. The number of halogens is 1. The molecule has 0 N–H and O–H groups in total. The molecule has 1 atom stereocenters. The molecule has 0 aromatic carbocycles. The lowest BCUT2D eigenvalue weighted by Gasteiger charge is -2.26. The van der Waals surface area contributed by atoms with Crippen molar-refractivity contribution in [3.05, 3.63) is 11.8 Å². The fraction of sp³-hybridized carbons (Fsp3) is 0.615. The number of nitrogens with zero attached hydrogens (tertiary/aromatic N) is 4. The molecule has 1 aromatic rings. The fourth-order valence-corrected chi connectivity index (χ4v) is 3.34. The van der Waals surface area contributed by atoms with Gasteiger partial charge in [-0.2, -0.15) is 18.8 Å². The standard InChI is InChI=1S/C13H17FN4O3S/c1-13(2,3)18-12(10(5-15)6-16-18)17-7-9(4-11(17)19)8-22(14,20)21/h6,9H,4,7-8H2,1-3H3. The highest BCUT2D eigenvalue weighted by Crippen LogP contribution is 2.32. The molecule has 0 saturated carbocycles. The molecule has 1 aliphatic rings. The zero-order valence-electron chi connectivity index (χ0n) is 12.6. The van der Waals surface area contributed by atoms with Gasteiger partial charge in [0.1, 0.15) is 11.6 Å². The highest BCUT2D eigenvalue weighted by Gasteiger charge is 2.37. The Morgan fingerprint density at radius 3 is 2.64 bits per heavy atom. The van der Waals surface area contributed by atoms with Gasteiger partial charge in [0, 0.05) is 18.9 Å². The van der Waals surface area contributed by atoms with Crippen molar-refractivity contribution in [3.63, 3.8) is 0 Å². The number of nitriles is 1. The number of amides is 1. The number of rotatable bonds is 3. The van der Waals surface area contributed by atoms with Crippen LogP contribution >= 0.6 is 0 Å². The summed E-state index contributed by atoms with van der Waals surface area (Å²) >= 11 is 0. The summed E-state index contributed by atoms with van der Waals surface area (Å²) in [6.07, 6.45) is 1.30. The average molecular weight is 328 g/mol. The van der Waals surface area contributed by atoms with E-state index in [4.69, 9.17) is 0 Å². The van der Waals surface area contributed by atoms with Crippen LogP contribution < -0.4 is 4.90 Å². The summed E-state index contributed by atoms with van der Waals surface area (Å²) < 4.78 is 35.9. The van der Waals surface area contributed by atoms with Gasteiger partial charge in [0.25, 0.3) is 0 Å². The molecule has 2 rings (SSSR count). The van der Waals surface area contributed by atoms with Gasteiger partial charge in [0.2, 0.25) is 5.91 Å². The summed E-state index contributed by atoms with van der Waals surface area (Å²) in [5, 5.41) is 13.3. The Kier molecular flexibility index (Phi) is 4.00. The number of aromatic nitrogens is 2. The van der Waals surface area contributed by atoms with E-state index in [1.54, 1.807) is 4.68 Å². The van der Waals surface area contributed by atoms with Crippen LogP contribution in [0.5, 0.6) is 0 Å². The SMILES string of the molecule is CC(C)(C)n1ncc(C#N)c1N1CC(CS(=O)(=O)F)CC1=O. The lowest BCUT2D eigenvalue weighted by Crippen LogP contribution is -2.33. The first-order valence-electron chi connectivity index (χ1n) is 6.74. The van der Waals surface area contributed by atoms with E-state index in [1.165, 1.54) is 11.1 Å². The van der Waals surface area contributed by atoms with Gasteiger partial charge in [-0.15, -0.1) is 3.89 Å². The van der Waals surface area contributed by atoms with Gasteiger partial charge >= 0.3 is 10.2 Å². The maximum Gasteiger partial charge on any atom is 0.302 e. The van der Waals surface area contributed by atoms with Crippen LogP contribution in [0.25, 0.3) is 0 Å². The minimum atomic E-state index is -4.64. The van der Waals surface area contributed by atoms with Crippen molar-refractivity contribution >= 4 is 21.9 Å². The number of carbonyl (C=O) groups is 1. The van der Waals surface area contributed by atoms with Crippen molar-refractivity contribution in [2.24, 2.45) is 5.92 Å². The Labute approximate surface area is 128 Å². The Morgan fingerprint density at radius 1 is 1.50 bits per heavy atom. The molecule has 0 aliphatic carbocycles.